The lowest BCUT2D eigenvalue weighted by atomic mass is 10.1. The van der Waals surface area contributed by atoms with Crippen LogP contribution in [0.15, 0.2) is 46.4 Å². The Bertz CT molecular complexity index is 905. The number of nitriles is 1. The van der Waals surface area contributed by atoms with Gasteiger partial charge in [-0.15, -0.1) is 0 Å². The first-order chi connectivity index (χ1) is 11.1. The van der Waals surface area contributed by atoms with Gasteiger partial charge in [0.15, 0.2) is 5.43 Å². The molecule has 9 nitrogen and oxygen atoms in total. The zero-order chi connectivity index (χ0) is 16.4. The van der Waals surface area contributed by atoms with Gasteiger partial charge in [-0.3, -0.25) is 14.9 Å². The number of fused-ring (bicyclic) bond motifs is 1. The highest BCUT2D eigenvalue weighted by Gasteiger charge is 2.22. The van der Waals surface area contributed by atoms with Gasteiger partial charge in [0.25, 0.3) is 5.69 Å². The van der Waals surface area contributed by atoms with Crippen molar-refractivity contribution in [3.8, 4) is 11.9 Å². The summed E-state index contributed by atoms with van der Waals surface area (Å²) in [6.07, 6.45) is 4.60. The van der Waals surface area contributed by atoms with Crippen LogP contribution in [-0.2, 0) is 0 Å². The molecule has 2 heterocycles. The van der Waals surface area contributed by atoms with Gasteiger partial charge in [-0.1, -0.05) is 0 Å². The number of nitrogens with one attached hydrogen (secondary N) is 2. The van der Waals surface area contributed by atoms with E-state index in [1.54, 1.807) is 12.3 Å². The van der Waals surface area contributed by atoms with Crippen LogP contribution in [-0.4, -0.2) is 21.9 Å². The van der Waals surface area contributed by atoms with E-state index in [-0.39, 0.29) is 17.7 Å². The molecule has 0 aliphatic carbocycles. The number of nitrogens with zero attached hydrogens (tertiary/aromatic N) is 4. The number of benzene rings is 1. The molecule has 23 heavy (non-hydrogen) atoms. The second-order valence-electron chi connectivity index (χ2n) is 4.72. The molecule has 1 aromatic heterocycles. The Balaban J connectivity index is 2.15. The zero-order valence-electron chi connectivity index (χ0n) is 11.7. The molecular formula is C14H10N6O3. The van der Waals surface area contributed by atoms with E-state index < -0.39 is 4.92 Å². The van der Waals surface area contributed by atoms with Crippen molar-refractivity contribution in [1.29, 1.82) is 5.26 Å². The summed E-state index contributed by atoms with van der Waals surface area (Å²) < 4.78 is 1.48. The maximum absolute atomic E-state index is 11.3. The van der Waals surface area contributed by atoms with Gasteiger partial charge in [-0.2, -0.15) is 10.3 Å². The lowest BCUT2D eigenvalue weighted by molar-refractivity contribution is -0.384. The molecular weight excluding hydrogens is 300 g/mol. The Morgan fingerprint density at radius 1 is 1.30 bits per heavy atom. The fourth-order valence-corrected chi connectivity index (χ4v) is 2.26. The zero-order valence-corrected chi connectivity index (χ0v) is 11.7. The van der Waals surface area contributed by atoms with Crippen LogP contribution in [0, 0.1) is 21.6 Å². The molecule has 0 amide bonds. The van der Waals surface area contributed by atoms with Crippen LogP contribution in [0.4, 0.5) is 17.1 Å². The van der Waals surface area contributed by atoms with Gasteiger partial charge in [0, 0.05) is 30.6 Å². The summed E-state index contributed by atoms with van der Waals surface area (Å²) in [5.74, 6) is 0.416. The molecule has 0 saturated carbocycles. The van der Waals surface area contributed by atoms with Gasteiger partial charge in [0.1, 0.15) is 11.5 Å². The Labute approximate surface area is 129 Å². The summed E-state index contributed by atoms with van der Waals surface area (Å²) in [4.78, 5) is 25.7. The summed E-state index contributed by atoms with van der Waals surface area (Å²) in [5.41, 5.74) is 1.09. The molecule has 1 aliphatic heterocycles. The first-order valence-electron chi connectivity index (χ1n) is 6.56. The van der Waals surface area contributed by atoms with E-state index in [1.807, 2.05) is 0 Å². The Morgan fingerprint density at radius 2 is 2.04 bits per heavy atom. The summed E-state index contributed by atoms with van der Waals surface area (Å²) in [7, 11) is 0. The number of rotatable bonds is 2. The van der Waals surface area contributed by atoms with Crippen molar-refractivity contribution in [3.05, 3.63) is 57.0 Å². The van der Waals surface area contributed by atoms with E-state index in [0.717, 1.165) is 0 Å². The fourth-order valence-electron chi connectivity index (χ4n) is 2.26. The molecule has 2 aromatic rings. The van der Waals surface area contributed by atoms with Gasteiger partial charge in [0.05, 0.1) is 22.8 Å². The van der Waals surface area contributed by atoms with Crippen LogP contribution < -0.4 is 16.1 Å². The predicted octanol–water partition coefficient (Wildman–Crippen LogP) is 1.46. The number of nitro groups is 1. The molecule has 9 heteroatoms. The van der Waals surface area contributed by atoms with E-state index in [4.69, 9.17) is 5.26 Å². The van der Waals surface area contributed by atoms with Crippen LogP contribution in [0.5, 0.6) is 0 Å². The number of anilines is 2. The summed E-state index contributed by atoms with van der Waals surface area (Å²) in [5, 5.41) is 25.9. The van der Waals surface area contributed by atoms with Crippen molar-refractivity contribution in [1.82, 2.24) is 4.57 Å². The van der Waals surface area contributed by atoms with Gasteiger partial charge in [-0.25, -0.2) is 0 Å². The van der Waals surface area contributed by atoms with Gasteiger partial charge in [0.2, 0.25) is 6.19 Å². The molecule has 1 aromatic carbocycles. The lowest BCUT2D eigenvalue weighted by Gasteiger charge is -2.22. The van der Waals surface area contributed by atoms with Crippen molar-refractivity contribution in [2.24, 2.45) is 4.99 Å². The molecule has 0 fully saturated rings. The smallest absolute Gasteiger partial charge is 0.295 e. The molecule has 0 saturated heterocycles. The topological polar surface area (TPSA) is 125 Å². The Kier molecular flexibility index (Phi) is 3.48. The van der Waals surface area contributed by atoms with Crippen LogP contribution in [0.25, 0.3) is 5.69 Å². The van der Waals surface area contributed by atoms with Crippen molar-refractivity contribution in [2.45, 2.75) is 0 Å². The standard InChI is InChI=1S/C14H10N6O3/c15-8-17-14-7-16-10-5-13(20(22)23)12(6-11(10)18-14)19-3-1-9(21)2-4-19/h1-6,16H,7H2,(H,17,18). The average molecular weight is 310 g/mol. The van der Waals surface area contributed by atoms with Gasteiger partial charge in [-0.05, 0) is 6.07 Å². The molecule has 3 rings (SSSR count). The number of aromatic nitrogens is 1. The second kappa shape index (κ2) is 5.61. The number of aliphatic imine (C=N–C) groups is 1. The molecule has 0 unspecified atom stereocenters. The van der Waals surface area contributed by atoms with Crippen molar-refractivity contribution in [2.75, 3.05) is 17.2 Å². The minimum atomic E-state index is -0.492. The third-order valence-electron chi connectivity index (χ3n) is 3.30. The predicted molar refractivity (Wildman–Crippen MR) is 83.9 cm³/mol. The third-order valence-corrected chi connectivity index (χ3v) is 3.30. The highest BCUT2D eigenvalue weighted by molar-refractivity contribution is 6.05. The number of pyridine rings is 1. The highest BCUT2D eigenvalue weighted by atomic mass is 16.6. The number of nitro benzene ring substituents is 1. The van der Waals surface area contributed by atoms with Crippen LogP contribution in [0.1, 0.15) is 0 Å². The minimum Gasteiger partial charge on any atom is -0.376 e. The maximum Gasteiger partial charge on any atom is 0.295 e. The highest BCUT2D eigenvalue weighted by Crippen LogP contribution is 2.34. The van der Waals surface area contributed by atoms with Crippen molar-refractivity contribution < 1.29 is 4.92 Å². The van der Waals surface area contributed by atoms with Crippen molar-refractivity contribution >= 4 is 22.9 Å². The SMILES string of the molecule is N#CN=C1CNc2cc([N+](=O)[O-])c(-n3ccc(=O)cc3)cc2N1. The third kappa shape index (κ3) is 2.73. The van der Waals surface area contributed by atoms with E-state index in [9.17, 15) is 14.9 Å². The molecule has 2 N–H and O–H groups in total. The molecule has 0 atom stereocenters. The van der Waals surface area contributed by atoms with Crippen molar-refractivity contribution in [3.63, 3.8) is 0 Å². The Hall–Kier alpha value is -3.67. The number of hydrogen-bond acceptors (Lipinski definition) is 6. The van der Waals surface area contributed by atoms with Crippen LogP contribution in [0.2, 0.25) is 0 Å². The molecule has 0 radical (unpaired) electrons. The quantitative estimate of drug-likeness (QED) is 0.491. The fraction of sp³-hybridized carbons (Fsp3) is 0.0714. The average Bonchev–Trinajstić information content (AvgIpc) is 2.54. The second-order valence-corrected chi connectivity index (χ2v) is 4.72. The van der Waals surface area contributed by atoms with E-state index in [1.165, 1.54) is 35.2 Å². The van der Waals surface area contributed by atoms with Crippen LogP contribution in [0.3, 0.4) is 0 Å². The van der Waals surface area contributed by atoms with E-state index in [0.29, 0.717) is 22.9 Å². The lowest BCUT2D eigenvalue weighted by Crippen LogP contribution is -2.28. The van der Waals surface area contributed by atoms with Crippen LogP contribution >= 0.6 is 0 Å². The van der Waals surface area contributed by atoms with E-state index in [2.05, 4.69) is 15.6 Å². The molecule has 114 valence electrons. The normalized spacial score (nSPS) is 14.3. The largest absolute Gasteiger partial charge is 0.376 e. The molecule has 0 spiro atoms. The Morgan fingerprint density at radius 3 is 2.70 bits per heavy atom. The maximum atomic E-state index is 11.3. The van der Waals surface area contributed by atoms with E-state index >= 15 is 0 Å². The summed E-state index contributed by atoms with van der Waals surface area (Å²) in [6.45, 7) is 0.273. The first-order valence-corrected chi connectivity index (χ1v) is 6.56. The summed E-state index contributed by atoms with van der Waals surface area (Å²) in [6, 6.07) is 5.60. The number of hydrogen-bond donors (Lipinski definition) is 2. The summed E-state index contributed by atoms with van der Waals surface area (Å²) >= 11 is 0. The number of amidine groups is 1. The van der Waals surface area contributed by atoms with Gasteiger partial charge >= 0.3 is 0 Å². The monoisotopic (exact) mass is 310 g/mol. The van der Waals surface area contributed by atoms with Gasteiger partial charge < -0.3 is 15.2 Å². The minimum absolute atomic E-state index is 0.109. The molecule has 0 bridgehead atoms. The molecule has 1 aliphatic rings. The first kappa shape index (κ1) is 14.3.